The number of benzene rings is 1. The number of amides is 1. The van der Waals surface area contributed by atoms with Gasteiger partial charge in [-0.1, -0.05) is 30.3 Å². The molecule has 1 aliphatic rings. The molecule has 4 nitrogen and oxygen atoms in total. The summed E-state index contributed by atoms with van der Waals surface area (Å²) >= 11 is 0. The molecule has 0 spiro atoms. The van der Waals surface area contributed by atoms with Gasteiger partial charge in [-0.05, 0) is 18.9 Å². The van der Waals surface area contributed by atoms with Gasteiger partial charge in [0.1, 0.15) is 6.04 Å². The van der Waals surface area contributed by atoms with Crippen LogP contribution < -0.4 is 0 Å². The van der Waals surface area contributed by atoms with E-state index in [0.717, 1.165) is 5.56 Å². The predicted molar refractivity (Wildman–Crippen MR) is 66.6 cm³/mol. The summed E-state index contributed by atoms with van der Waals surface area (Å²) in [6.45, 7) is 2.60. The molecule has 18 heavy (non-hydrogen) atoms. The summed E-state index contributed by atoms with van der Waals surface area (Å²) in [5.41, 5.74) is 1.03. The van der Waals surface area contributed by atoms with Crippen molar-refractivity contribution in [3.05, 3.63) is 35.9 Å². The monoisotopic (exact) mass is 247 g/mol. The molecule has 4 heteroatoms. The van der Waals surface area contributed by atoms with Gasteiger partial charge in [0.2, 0.25) is 5.91 Å². The van der Waals surface area contributed by atoms with Crippen molar-refractivity contribution in [2.75, 3.05) is 6.61 Å². The number of rotatable bonds is 4. The maximum atomic E-state index is 11.8. The molecule has 1 amide bonds. The Bertz CT molecular complexity index is 430. The molecule has 0 unspecified atom stereocenters. The van der Waals surface area contributed by atoms with Crippen LogP contribution in [0.2, 0.25) is 0 Å². The molecule has 1 aromatic carbocycles. The van der Waals surface area contributed by atoms with E-state index in [1.807, 2.05) is 30.3 Å². The molecule has 2 rings (SSSR count). The third-order valence-electron chi connectivity index (χ3n) is 3.08. The van der Waals surface area contributed by atoms with Crippen molar-refractivity contribution >= 4 is 11.9 Å². The zero-order valence-electron chi connectivity index (χ0n) is 10.5. The number of nitrogens with zero attached hydrogens (tertiary/aromatic N) is 1. The molecule has 1 atom stereocenters. The third-order valence-corrected chi connectivity index (χ3v) is 3.08. The Kier molecular flexibility index (Phi) is 3.97. The maximum Gasteiger partial charge on any atom is 0.328 e. The highest BCUT2D eigenvalue weighted by Crippen LogP contribution is 2.22. The Labute approximate surface area is 107 Å². The van der Waals surface area contributed by atoms with E-state index in [2.05, 4.69) is 0 Å². The first-order valence-electron chi connectivity index (χ1n) is 6.22. The topological polar surface area (TPSA) is 46.6 Å². The van der Waals surface area contributed by atoms with E-state index in [9.17, 15) is 9.59 Å². The average molecular weight is 247 g/mol. The number of hydrogen-bond donors (Lipinski definition) is 0. The molecule has 0 saturated carbocycles. The van der Waals surface area contributed by atoms with Crippen molar-refractivity contribution in [2.24, 2.45) is 0 Å². The van der Waals surface area contributed by atoms with Crippen molar-refractivity contribution < 1.29 is 14.3 Å². The fourth-order valence-electron chi connectivity index (χ4n) is 2.20. The summed E-state index contributed by atoms with van der Waals surface area (Å²) in [6, 6.07) is 9.27. The van der Waals surface area contributed by atoms with Crippen LogP contribution >= 0.6 is 0 Å². The fourth-order valence-corrected chi connectivity index (χ4v) is 2.20. The van der Waals surface area contributed by atoms with Crippen molar-refractivity contribution in [3.63, 3.8) is 0 Å². The second-order valence-electron chi connectivity index (χ2n) is 4.31. The Balaban J connectivity index is 2.08. The van der Waals surface area contributed by atoms with E-state index >= 15 is 0 Å². The van der Waals surface area contributed by atoms with Gasteiger partial charge in [0, 0.05) is 13.0 Å². The number of ether oxygens (including phenoxy) is 1. The maximum absolute atomic E-state index is 11.8. The van der Waals surface area contributed by atoms with Crippen LogP contribution in [-0.2, 0) is 20.9 Å². The standard InChI is InChI=1S/C14H17NO3/c1-2-18-14(17)12-8-9-13(16)15(12)10-11-6-4-3-5-7-11/h3-7,12H,2,8-10H2,1H3/t12-/m1/s1. The Morgan fingerprint density at radius 2 is 2.11 bits per heavy atom. The molecule has 0 aliphatic carbocycles. The largest absolute Gasteiger partial charge is 0.464 e. The highest BCUT2D eigenvalue weighted by atomic mass is 16.5. The molecule has 96 valence electrons. The molecule has 1 saturated heterocycles. The molecule has 1 heterocycles. The SMILES string of the molecule is CCOC(=O)[C@H]1CCC(=O)N1Cc1ccccc1. The fraction of sp³-hybridized carbons (Fsp3) is 0.429. The first-order valence-corrected chi connectivity index (χ1v) is 6.22. The van der Waals surface area contributed by atoms with Gasteiger partial charge < -0.3 is 9.64 Å². The van der Waals surface area contributed by atoms with E-state index in [-0.39, 0.29) is 11.9 Å². The van der Waals surface area contributed by atoms with Crippen LogP contribution in [0.3, 0.4) is 0 Å². The van der Waals surface area contributed by atoms with Crippen LogP contribution in [0.25, 0.3) is 0 Å². The lowest BCUT2D eigenvalue weighted by molar-refractivity contribution is -0.151. The Morgan fingerprint density at radius 3 is 2.78 bits per heavy atom. The second kappa shape index (κ2) is 5.67. The minimum absolute atomic E-state index is 0.0249. The highest BCUT2D eigenvalue weighted by molar-refractivity contribution is 5.88. The highest BCUT2D eigenvalue weighted by Gasteiger charge is 2.36. The number of carbonyl (C=O) groups is 2. The van der Waals surface area contributed by atoms with Crippen molar-refractivity contribution in [1.82, 2.24) is 4.90 Å². The van der Waals surface area contributed by atoms with Crippen LogP contribution in [0, 0.1) is 0 Å². The number of esters is 1. The number of hydrogen-bond acceptors (Lipinski definition) is 3. The van der Waals surface area contributed by atoms with Crippen LogP contribution in [0.1, 0.15) is 25.3 Å². The molecule has 0 radical (unpaired) electrons. The zero-order chi connectivity index (χ0) is 13.0. The summed E-state index contributed by atoms with van der Waals surface area (Å²) in [5.74, 6) is -0.267. The summed E-state index contributed by atoms with van der Waals surface area (Å²) in [7, 11) is 0. The summed E-state index contributed by atoms with van der Waals surface area (Å²) in [4.78, 5) is 25.2. The minimum Gasteiger partial charge on any atom is -0.464 e. The molecule has 0 aromatic heterocycles. The molecular formula is C14H17NO3. The Hall–Kier alpha value is -1.84. The van der Waals surface area contributed by atoms with Crippen LogP contribution in [-0.4, -0.2) is 29.4 Å². The lowest BCUT2D eigenvalue weighted by Crippen LogP contribution is -2.39. The molecule has 1 aromatic rings. The van der Waals surface area contributed by atoms with Gasteiger partial charge in [-0.3, -0.25) is 4.79 Å². The van der Waals surface area contributed by atoms with Gasteiger partial charge in [0.15, 0.2) is 0 Å². The van der Waals surface area contributed by atoms with E-state index in [4.69, 9.17) is 4.74 Å². The van der Waals surface area contributed by atoms with Gasteiger partial charge in [0.05, 0.1) is 6.61 Å². The molecule has 0 bridgehead atoms. The Morgan fingerprint density at radius 1 is 1.39 bits per heavy atom. The first-order chi connectivity index (χ1) is 8.72. The van der Waals surface area contributed by atoms with Crippen molar-refractivity contribution in [1.29, 1.82) is 0 Å². The quantitative estimate of drug-likeness (QED) is 0.761. The van der Waals surface area contributed by atoms with Crippen molar-refractivity contribution in [3.8, 4) is 0 Å². The van der Waals surface area contributed by atoms with E-state index in [0.29, 0.717) is 26.0 Å². The number of carbonyl (C=O) groups excluding carboxylic acids is 2. The number of likely N-dealkylation sites (tertiary alicyclic amines) is 1. The average Bonchev–Trinajstić information content (AvgIpc) is 2.73. The van der Waals surface area contributed by atoms with E-state index in [1.54, 1.807) is 11.8 Å². The van der Waals surface area contributed by atoms with Gasteiger partial charge >= 0.3 is 5.97 Å². The van der Waals surface area contributed by atoms with Crippen molar-refractivity contribution in [2.45, 2.75) is 32.4 Å². The molecule has 0 N–H and O–H groups in total. The van der Waals surface area contributed by atoms with Gasteiger partial charge in [0.25, 0.3) is 0 Å². The molecule has 1 aliphatic heterocycles. The summed E-state index contributed by atoms with van der Waals surface area (Å²) in [6.07, 6.45) is 0.987. The first kappa shape index (κ1) is 12.6. The van der Waals surface area contributed by atoms with Crippen LogP contribution in [0.4, 0.5) is 0 Å². The lowest BCUT2D eigenvalue weighted by Gasteiger charge is -2.23. The third kappa shape index (κ3) is 2.70. The van der Waals surface area contributed by atoms with E-state index < -0.39 is 6.04 Å². The predicted octanol–water partition coefficient (Wildman–Crippen LogP) is 1.74. The van der Waals surface area contributed by atoms with E-state index in [1.165, 1.54) is 0 Å². The van der Waals surface area contributed by atoms with Gasteiger partial charge in [-0.25, -0.2) is 4.79 Å². The normalized spacial score (nSPS) is 19.1. The molecular weight excluding hydrogens is 230 g/mol. The lowest BCUT2D eigenvalue weighted by atomic mass is 10.2. The van der Waals surface area contributed by atoms with Gasteiger partial charge in [-0.15, -0.1) is 0 Å². The summed E-state index contributed by atoms with van der Waals surface area (Å²) in [5, 5.41) is 0. The van der Waals surface area contributed by atoms with Gasteiger partial charge in [-0.2, -0.15) is 0 Å². The van der Waals surface area contributed by atoms with Crippen LogP contribution in [0.5, 0.6) is 0 Å². The minimum atomic E-state index is -0.419. The zero-order valence-corrected chi connectivity index (χ0v) is 10.5. The smallest absolute Gasteiger partial charge is 0.328 e. The second-order valence-corrected chi connectivity index (χ2v) is 4.31. The summed E-state index contributed by atoms with van der Waals surface area (Å²) < 4.78 is 5.01. The molecule has 1 fully saturated rings. The van der Waals surface area contributed by atoms with Crippen LogP contribution in [0.15, 0.2) is 30.3 Å².